The number of hydrogen-bond donors (Lipinski definition) is 1. The molecule has 68 valence electrons. The van der Waals surface area contributed by atoms with Crippen LogP contribution in [-0.2, 0) is 0 Å². The summed E-state index contributed by atoms with van der Waals surface area (Å²) < 4.78 is 0. The highest BCUT2D eigenvalue weighted by Crippen LogP contribution is 2.18. The second-order valence-electron chi connectivity index (χ2n) is 3.31. The zero-order valence-electron chi connectivity index (χ0n) is 7.50. The zero-order valence-corrected chi connectivity index (χ0v) is 8.26. The first kappa shape index (κ1) is 8.51. The number of aromatic nitrogens is 3. The fraction of sp³-hybridized carbons (Fsp3) is 0.333. The van der Waals surface area contributed by atoms with Crippen LogP contribution >= 0.6 is 11.6 Å². The second-order valence-corrected chi connectivity index (χ2v) is 3.69. The maximum atomic E-state index is 5.71. The third kappa shape index (κ3) is 1.52. The standard InChI is InChI=1S/C9H10ClN3/c1-5(2)6-3-7-9(12-6)13-8(10)4-11-7/h3-5H,1-2H3,(H,12,13). The van der Waals surface area contributed by atoms with Gasteiger partial charge in [-0.3, -0.25) is 0 Å². The van der Waals surface area contributed by atoms with Crippen LogP contribution < -0.4 is 0 Å². The summed E-state index contributed by atoms with van der Waals surface area (Å²) >= 11 is 5.71. The van der Waals surface area contributed by atoms with Crippen molar-refractivity contribution in [1.29, 1.82) is 0 Å². The lowest BCUT2D eigenvalue weighted by Crippen LogP contribution is -1.85. The van der Waals surface area contributed by atoms with Crippen molar-refractivity contribution in [3.63, 3.8) is 0 Å². The average Bonchev–Trinajstić information content (AvgIpc) is 2.46. The van der Waals surface area contributed by atoms with Crippen molar-refractivity contribution >= 4 is 22.8 Å². The Balaban J connectivity index is 2.62. The molecule has 0 unspecified atom stereocenters. The minimum Gasteiger partial charge on any atom is -0.342 e. The summed E-state index contributed by atoms with van der Waals surface area (Å²) in [5.74, 6) is 0.453. The van der Waals surface area contributed by atoms with Crippen molar-refractivity contribution in [2.75, 3.05) is 0 Å². The molecule has 0 aliphatic heterocycles. The lowest BCUT2D eigenvalue weighted by atomic mass is 10.1. The van der Waals surface area contributed by atoms with Crippen LogP contribution in [-0.4, -0.2) is 15.0 Å². The summed E-state index contributed by atoms with van der Waals surface area (Å²) in [5.41, 5.74) is 2.77. The molecule has 0 spiro atoms. The molecule has 0 aromatic carbocycles. The van der Waals surface area contributed by atoms with Gasteiger partial charge in [0.05, 0.1) is 6.20 Å². The molecule has 0 saturated carbocycles. The fourth-order valence-electron chi connectivity index (χ4n) is 1.21. The predicted molar refractivity (Wildman–Crippen MR) is 53.0 cm³/mol. The molecule has 2 heterocycles. The number of halogens is 1. The van der Waals surface area contributed by atoms with Crippen molar-refractivity contribution in [3.8, 4) is 0 Å². The molecule has 2 aromatic heterocycles. The van der Waals surface area contributed by atoms with E-state index >= 15 is 0 Å². The van der Waals surface area contributed by atoms with Crippen molar-refractivity contribution < 1.29 is 0 Å². The van der Waals surface area contributed by atoms with Gasteiger partial charge in [-0.05, 0) is 12.0 Å². The highest BCUT2D eigenvalue weighted by atomic mass is 35.5. The first-order valence-corrected chi connectivity index (χ1v) is 4.56. The molecule has 0 atom stereocenters. The van der Waals surface area contributed by atoms with Crippen molar-refractivity contribution in [1.82, 2.24) is 15.0 Å². The monoisotopic (exact) mass is 195 g/mol. The van der Waals surface area contributed by atoms with Crippen LogP contribution in [0.1, 0.15) is 25.5 Å². The minimum absolute atomic E-state index is 0.421. The summed E-state index contributed by atoms with van der Waals surface area (Å²) in [6.45, 7) is 4.23. The van der Waals surface area contributed by atoms with E-state index in [1.54, 1.807) is 6.20 Å². The largest absolute Gasteiger partial charge is 0.342 e. The summed E-state index contributed by atoms with van der Waals surface area (Å²) in [7, 11) is 0. The molecule has 3 nitrogen and oxygen atoms in total. The number of hydrogen-bond acceptors (Lipinski definition) is 2. The highest BCUT2D eigenvalue weighted by Gasteiger charge is 2.06. The molecule has 4 heteroatoms. The third-order valence-electron chi connectivity index (χ3n) is 1.95. The number of H-pyrrole nitrogens is 1. The van der Waals surface area contributed by atoms with Gasteiger partial charge in [0.25, 0.3) is 0 Å². The molecule has 0 fully saturated rings. The van der Waals surface area contributed by atoms with E-state index < -0.39 is 0 Å². The van der Waals surface area contributed by atoms with E-state index in [-0.39, 0.29) is 0 Å². The smallest absolute Gasteiger partial charge is 0.158 e. The quantitative estimate of drug-likeness (QED) is 0.760. The second kappa shape index (κ2) is 3.00. The van der Waals surface area contributed by atoms with Crippen LogP contribution in [0.2, 0.25) is 5.15 Å². The third-order valence-corrected chi connectivity index (χ3v) is 2.13. The molecule has 0 radical (unpaired) electrons. The first-order valence-electron chi connectivity index (χ1n) is 4.18. The van der Waals surface area contributed by atoms with Crippen LogP contribution in [0.15, 0.2) is 12.3 Å². The predicted octanol–water partition coefficient (Wildman–Crippen LogP) is 2.73. The van der Waals surface area contributed by atoms with Crippen molar-refractivity contribution in [2.45, 2.75) is 19.8 Å². The van der Waals surface area contributed by atoms with E-state index in [0.29, 0.717) is 11.1 Å². The van der Waals surface area contributed by atoms with Crippen molar-refractivity contribution in [3.05, 3.63) is 23.1 Å². The highest BCUT2D eigenvalue weighted by molar-refractivity contribution is 6.29. The Kier molecular flexibility index (Phi) is 1.96. The van der Waals surface area contributed by atoms with E-state index in [1.165, 1.54) is 0 Å². The van der Waals surface area contributed by atoms with E-state index in [1.807, 2.05) is 6.07 Å². The number of fused-ring (bicyclic) bond motifs is 1. The van der Waals surface area contributed by atoms with Gasteiger partial charge in [-0.15, -0.1) is 0 Å². The minimum atomic E-state index is 0.421. The fourth-order valence-corrected chi connectivity index (χ4v) is 1.34. The Bertz CT molecular complexity index is 433. The van der Waals surface area contributed by atoms with Crippen LogP contribution in [0.4, 0.5) is 0 Å². The van der Waals surface area contributed by atoms with Gasteiger partial charge in [0, 0.05) is 5.69 Å². The lowest BCUT2D eigenvalue weighted by molar-refractivity contribution is 0.835. The topological polar surface area (TPSA) is 41.6 Å². The van der Waals surface area contributed by atoms with Crippen LogP contribution in [0.5, 0.6) is 0 Å². The van der Waals surface area contributed by atoms with Gasteiger partial charge in [0.1, 0.15) is 10.7 Å². The van der Waals surface area contributed by atoms with Gasteiger partial charge < -0.3 is 4.98 Å². The summed E-state index contributed by atoms with van der Waals surface area (Å²) in [6.07, 6.45) is 1.56. The van der Waals surface area contributed by atoms with Gasteiger partial charge in [0.2, 0.25) is 0 Å². The molecule has 13 heavy (non-hydrogen) atoms. The molecule has 0 aliphatic rings. The molecule has 0 saturated heterocycles. The molecule has 0 amide bonds. The molecular formula is C9H10ClN3. The van der Waals surface area contributed by atoms with Crippen LogP contribution in [0.3, 0.4) is 0 Å². The van der Waals surface area contributed by atoms with E-state index in [2.05, 4.69) is 28.8 Å². The number of nitrogens with one attached hydrogen (secondary N) is 1. The number of rotatable bonds is 1. The SMILES string of the molecule is CC(C)c1cc2ncc(Cl)nc2[nH]1. The normalized spacial score (nSPS) is 11.4. The molecule has 1 N–H and O–H groups in total. The Morgan fingerprint density at radius 3 is 2.92 bits per heavy atom. The lowest BCUT2D eigenvalue weighted by Gasteiger charge is -1.97. The molecule has 0 aliphatic carbocycles. The Morgan fingerprint density at radius 2 is 2.23 bits per heavy atom. The number of aromatic amines is 1. The summed E-state index contributed by atoms with van der Waals surface area (Å²) in [6, 6.07) is 2.00. The van der Waals surface area contributed by atoms with Gasteiger partial charge in [-0.2, -0.15) is 0 Å². The zero-order chi connectivity index (χ0) is 9.42. The maximum Gasteiger partial charge on any atom is 0.158 e. The van der Waals surface area contributed by atoms with Gasteiger partial charge in [-0.1, -0.05) is 25.4 Å². The van der Waals surface area contributed by atoms with E-state index in [9.17, 15) is 0 Å². The summed E-state index contributed by atoms with van der Waals surface area (Å²) in [5, 5.41) is 0.421. The van der Waals surface area contributed by atoms with E-state index in [0.717, 1.165) is 16.9 Å². The van der Waals surface area contributed by atoms with Crippen LogP contribution in [0, 0.1) is 0 Å². The van der Waals surface area contributed by atoms with Crippen molar-refractivity contribution in [2.24, 2.45) is 0 Å². The van der Waals surface area contributed by atoms with Gasteiger partial charge >= 0.3 is 0 Å². The molecule has 0 bridgehead atoms. The number of nitrogens with zero attached hydrogens (tertiary/aromatic N) is 2. The Morgan fingerprint density at radius 1 is 1.46 bits per heavy atom. The Labute approximate surface area is 81.2 Å². The molecule has 2 rings (SSSR count). The van der Waals surface area contributed by atoms with Gasteiger partial charge in [-0.25, -0.2) is 9.97 Å². The first-order chi connectivity index (χ1) is 6.16. The maximum absolute atomic E-state index is 5.71. The Hall–Kier alpha value is -1.09. The summed E-state index contributed by atoms with van der Waals surface area (Å²) in [4.78, 5) is 11.5. The average molecular weight is 196 g/mol. The van der Waals surface area contributed by atoms with E-state index in [4.69, 9.17) is 11.6 Å². The van der Waals surface area contributed by atoms with Crippen LogP contribution in [0.25, 0.3) is 11.2 Å². The van der Waals surface area contributed by atoms with Gasteiger partial charge in [0.15, 0.2) is 5.65 Å². The molecular weight excluding hydrogens is 186 g/mol. The molecule has 2 aromatic rings.